The molecule has 1 aromatic heterocycles. The van der Waals surface area contributed by atoms with Crippen LogP contribution in [0.3, 0.4) is 0 Å². The molecule has 6 nitrogen and oxygen atoms in total. The Morgan fingerprint density at radius 1 is 1.24 bits per heavy atom. The normalized spacial score (nSPS) is 10.2. The van der Waals surface area contributed by atoms with Crippen molar-refractivity contribution < 1.29 is 14.3 Å². The van der Waals surface area contributed by atoms with Crippen LogP contribution >= 0.6 is 0 Å². The molecular weight excluding hydrogens is 318 g/mol. The molecule has 0 saturated heterocycles. The molecule has 0 saturated carbocycles. The molecule has 0 radical (unpaired) electrons. The summed E-state index contributed by atoms with van der Waals surface area (Å²) in [4.78, 5) is 28.4. The van der Waals surface area contributed by atoms with E-state index in [-0.39, 0.29) is 23.6 Å². The number of benzene rings is 1. The van der Waals surface area contributed by atoms with Gasteiger partial charge in [0, 0.05) is 18.3 Å². The van der Waals surface area contributed by atoms with E-state index in [1.54, 1.807) is 24.3 Å². The van der Waals surface area contributed by atoms with Gasteiger partial charge in [-0.3, -0.25) is 14.6 Å². The summed E-state index contributed by atoms with van der Waals surface area (Å²) in [5, 5.41) is 5.43. The summed E-state index contributed by atoms with van der Waals surface area (Å²) in [6.45, 7) is 7.69. The number of rotatable bonds is 7. The number of carbonyl (C=O) groups excluding carboxylic acids is 2. The molecule has 0 spiro atoms. The first-order chi connectivity index (χ1) is 12.0. The van der Waals surface area contributed by atoms with Crippen LogP contribution in [0.25, 0.3) is 0 Å². The smallest absolute Gasteiger partial charge is 0.270 e. The Balaban J connectivity index is 2.16. The van der Waals surface area contributed by atoms with Gasteiger partial charge in [0.25, 0.3) is 11.8 Å². The summed E-state index contributed by atoms with van der Waals surface area (Å²) in [5.41, 5.74) is 1.06. The predicted molar refractivity (Wildman–Crippen MR) is 96.9 cm³/mol. The standard InChI is InChI=1S/C19H21N3O3/c1-4-10-21-19(24)16-12-14(9-11-20-16)18(23)22-15-7-5-6-8-17(15)25-13(2)3/h4-9,11-13H,1,10H2,2-3H3,(H,21,24)(H,22,23). The third kappa shape index (κ3) is 5.17. The van der Waals surface area contributed by atoms with Crippen molar-refractivity contribution in [2.24, 2.45) is 0 Å². The van der Waals surface area contributed by atoms with Gasteiger partial charge >= 0.3 is 0 Å². The third-order valence-corrected chi connectivity index (χ3v) is 3.16. The van der Waals surface area contributed by atoms with Crippen molar-refractivity contribution in [1.82, 2.24) is 10.3 Å². The van der Waals surface area contributed by atoms with Crippen LogP contribution in [-0.4, -0.2) is 29.4 Å². The number of nitrogens with zero attached hydrogens (tertiary/aromatic N) is 1. The number of aromatic nitrogens is 1. The fraction of sp³-hybridized carbons (Fsp3) is 0.211. The summed E-state index contributed by atoms with van der Waals surface area (Å²) in [6.07, 6.45) is 2.98. The number of nitrogens with one attached hydrogen (secondary N) is 2. The molecule has 0 aliphatic heterocycles. The predicted octanol–water partition coefficient (Wildman–Crippen LogP) is 3.04. The highest BCUT2D eigenvalue weighted by Gasteiger charge is 2.13. The minimum absolute atomic E-state index is 0.0147. The van der Waals surface area contributed by atoms with Crippen LogP contribution < -0.4 is 15.4 Å². The molecule has 1 aromatic carbocycles. The minimum Gasteiger partial charge on any atom is -0.489 e. The second-order valence-corrected chi connectivity index (χ2v) is 5.55. The van der Waals surface area contributed by atoms with Crippen molar-refractivity contribution in [3.8, 4) is 5.75 Å². The van der Waals surface area contributed by atoms with Gasteiger partial charge in [0.2, 0.25) is 0 Å². The maximum absolute atomic E-state index is 12.5. The first kappa shape index (κ1) is 18.2. The number of para-hydroxylation sites is 2. The Morgan fingerprint density at radius 3 is 2.72 bits per heavy atom. The highest BCUT2D eigenvalue weighted by Crippen LogP contribution is 2.25. The van der Waals surface area contributed by atoms with Crippen molar-refractivity contribution in [3.05, 3.63) is 66.5 Å². The van der Waals surface area contributed by atoms with Gasteiger partial charge in [-0.2, -0.15) is 0 Å². The average Bonchev–Trinajstić information content (AvgIpc) is 2.61. The second-order valence-electron chi connectivity index (χ2n) is 5.55. The van der Waals surface area contributed by atoms with Gasteiger partial charge in [0.05, 0.1) is 11.8 Å². The number of hydrogen-bond donors (Lipinski definition) is 2. The van der Waals surface area contributed by atoms with Gasteiger partial charge in [-0.05, 0) is 38.1 Å². The van der Waals surface area contributed by atoms with E-state index in [1.807, 2.05) is 26.0 Å². The maximum Gasteiger partial charge on any atom is 0.270 e. The van der Waals surface area contributed by atoms with E-state index in [2.05, 4.69) is 22.2 Å². The number of hydrogen-bond acceptors (Lipinski definition) is 4. The molecule has 0 fully saturated rings. The highest BCUT2D eigenvalue weighted by molar-refractivity contribution is 6.06. The van der Waals surface area contributed by atoms with Crippen molar-refractivity contribution in [1.29, 1.82) is 0 Å². The van der Waals surface area contributed by atoms with E-state index in [9.17, 15) is 9.59 Å². The number of pyridine rings is 1. The molecule has 2 amide bonds. The summed E-state index contributed by atoms with van der Waals surface area (Å²) in [6, 6.07) is 10.2. The lowest BCUT2D eigenvalue weighted by atomic mass is 10.2. The maximum atomic E-state index is 12.5. The monoisotopic (exact) mass is 339 g/mol. The van der Waals surface area contributed by atoms with Gasteiger partial charge in [0.1, 0.15) is 11.4 Å². The van der Waals surface area contributed by atoms with E-state index in [0.29, 0.717) is 23.5 Å². The highest BCUT2D eigenvalue weighted by atomic mass is 16.5. The Hall–Kier alpha value is -3.15. The molecule has 6 heteroatoms. The number of amides is 2. The van der Waals surface area contributed by atoms with Crippen LogP contribution in [0.2, 0.25) is 0 Å². The molecule has 0 bridgehead atoms. The van der Waals surface area contributed by atoms with Gasteiger partial charge in [-0.1, -0.05) is 18.2 Å². The summed E-state index contributed by atoms with van der Waals surface area (Å²) in [5.74, 6) is -0.123. The van der Waals surface area contributed by atoms with E-state index >= 15 is 0 Å². The summed E-state index contributed by atoms with van der Waals surface area (Å²) >= 11 is 0. The second kappa shape index (κ2) is 8.63. The summed E-state index contributed by atoms with van der Waals surface area (Å²) in [7, 11) is 0. The Morgan fingerprint density at radius 2 is 2.00 bits per heavy atom. The van der Waals surface area contributed by atoms with Crippen LogP contribution in [0.4, 0.5) is 5.69 Å². The van der Waals surface area contributed by atoms with Gasteiger partial charge in [-0.15, -0.1) is 6.58 Å². The van der Waals surface area contributed by atoms with Crippen LogP contribution in [0.15, 0.2) is 55.3 Å². The molecule has 0 aliphatic carbocycles. The number of ether oxygens (including phenoxy) is 1. The fourth-order valence-corrected chi connectivity index (χ4v) is 2.07. The molecule has 0 atom stereocenters. The van der Waals surface area contributed by atoms with Crippen LogP contribution in [-0.2, 0) is 0 Å². The first-order valence-corrected chi connectivity index (χ1v) is 7.93. The van der Waals surface area contributed by atoms with E-state index < -0.39 is 0 Å². The van der Waals surface area contributed by atoms with E-state index in [1.165, 1.54) is 12.3 Å². The lowest BCUT2D eigenvalue weighted by Gasteiger charge is -2.14. The Labute approximate surface area is 146 Å². The topological polar surface area (TPSA) is 80.3 Å². The van der Waals surface area contributed by atoms with Crippen molar-refractivity contribution in [2.75, 3.05) is 11.9 Å². The lowest BCUT2D eigenvalue weighted by Crippen LogP contribution is -2.24. The molecule has 2 aromatic rings. The molecule has 2 N–H and O–H groups in total. The zero-order valence-electron chi connectivity index (χ0n) is 14.3. The molecule has 2 rings (SSSR count). The quantitative estimate of drug-likeness (QED) is 0.760. The van der Waals surface area contributed by atoms with Crippen molar-refractivity contribution in [3.63, 3.8) is 0 Å². The molecular formula is C19H21N3O3. The van der Waals surface area contributed by atoms with Crippen LogP contribution in [0, 0.1) is 0 Å². The van der Waals surface area contributed by atoms with E-state index in [0.717, 1.165) is 0 Å². The molecule has 25 heavy (non-hydrogen) atoms. The lowest BCUT2D eigenvalue weighted by molar-refractivity contribution is 0.0953. The number of anilines is 1. The van der Waals surface area contributed by atoms with Crippen molar-refractivity contribution in [2.45, 2.75) is 20.0 Å². The van der Waals surface area contributed by atoms with Crippen molar-refractivity contribution >= 4 is 17.5 Å². The van der Waals surface area contributed by atoms with Gasteiger partial charge in [0.15, 0.2) is 0 Å². The van der Waals surface area contributed by atoms with Gasteiger partial charge in [-0.25, -0.2) is 0 Å². The van der Waals surface area contributed by atoms with E-state index in [4.69, 9.17) is 4.74 Å². The Kier molecular flexibility index (Phi) is 6.28. The van der Waals surface area contributed by atoms with Gasteiger partial charge < -0.3 is 15.4 Å². The minimum atomic E-state index is -0.363. The molecule has 0 aliphatic rings. The largest absolute Gasteiger partial charge is 0.489 e. The SMILES string of the molecule is C=CCNC(=O)c1cc(C(=O)Nc2ccccc2OC(C)C)ccn1. The fourth-order valence-electron chi connectivity index (χ4n) is 2.07. The van der Waals surface area contributed by atoms with Crippen LogP contribution in [0.1, 0.15) is 34.7 Å². The summed E-state index contributed by atoms with van der Waals surface area (Å²) < 4.78 is 5.69. The molecule has 0 unspecified atom stereocenters. The Bertz CT molecular complexity index is 772. The first-order valence-electron chi connectivity index (χ1n) is 7.93. The third-order valence-electron chi connectivity index (χ3n) is 3.16. The number of carbonyl (C=O) groups is 2. The molecule has 1 heterocycles. The zero-order chi connectivity index (χ0) is 18.2. The van der Waals surface area contributed by atoms with Crippen LogP contribution in [0.5, 0.6) is 5.75 Å². The zero-order valence-corrected chi connectivity index (χ0v) is 14.3. The average molecular weight is 339 g/mol. The molecule has 130 valence electrons.